The number of aromatic nitrogens is 2. The number of hydrogen-bond acceptors (Lipinski definition) is 7. The fraction of sp³-hybridized carbons (Fsp3) is 0.316. The zero-order valence-electron chi connectivity index (χ0n) is 16.6. The maximum absolute atomic E-state index is 13.1. The first-order valence-corrected chi connectivity index (χ1v) is 8.96. The van der Waals surface area contributed by atoms with Crippen LogP contribution >= 0.6 is 0 Å². The molecule has 4 rings (SSSR count). The van der Waals surface area contributed by atoms with Crippen LogP contribution in [-0.2, 0) is 23.7 Å². The molecule has 0 bridgehead atoms. The predicted octanol–water partition coefficient (Wildman–Crippen LogP) is -0.306. The van der Waals surface area contributed by atoms with Crippen LogP contribution in [0.3, 0.4) is 0 Å². The van der Waals surface area contributed by atoms with Crippen LogP contribution in [0.15, 0.2) is 27.8 Å². The topological polar surface area (TPSA) is 131 Å². The summed E-state index contributed by atoms with van der Waals surface area (Å²) in [5.41, 5.74) is -1.13. The number of urea groups is 1. The third-order valence-corrected chi connectivity index (χ3v) is 5.59. The Bertz CT molecular complexity index is 1230. The van der Waals surface area contributed by atoms with Crippen molar-refractivity contribution in [1.82, 2.24) is 18.9 Å². The molecule has 2 aliphatic heterocycles. The lowest BCUT2D eigenvalue weighted by Gasteiger charge is -2.38. The lowest BCUT2D eigenvalue weighted by atomic mass is 9.77. The van der Waals surface area contributed by atoms with Crippen LogP contribution in [0.4, 0.5) is 4.79 Å². The lowest BCUT2D eigenvalue weighted by molar-refractivity contribution is -0.148. The number of amides is 4. The third-order valence-electron chi connectivity index (χ3n) is 5.59. The Kier molecular flexibility index (Phi) is 4.08. The van der Waals surface area contributed by atoms with Crippen molar-refractivity contribution >= 4 is 17.8 Å². The average Bonchev–Trinajstić information content (AvgIpc) is 2.72. The van der Waals surface area contributed by atoms with Crippen LogP contribution in [0.25, 0.3) is 0 Å². The fourth-order valence-corrected chi connectivity index (χ4v) is 3.94. The van der Waals surface area contributed by atoms with Gasteiger partial charge in [0, 0.05) is 45.7 Å². The van der Waals surface area contributed by atoms with E-state index in [0.717, 1.165) is 18.9 Å². The van der Waals surface area contributed by atoms with Gasteiger partial charge in [0.25, 0.3) is 5.56 Å². The molecule has 1 saturated heterocycles. The SMILES string of the molecule is CN1C(=O)C(C2c3ccc(O)cc3Oc3c2c(=O)n(C)c(=O)n3C)C(=O)N(C)C1=O. The first kappa shape index (κ1) is 19.4. The number of imide groups is 2. The summed E-state index contributed by atoms with van der Waals surface area (Å²) in [6, 6.07) is 3.26. The van der Waals surface area contributed by atoms with Gasteiger partial charge in [-0.1, -0.05) is 6.07 Å². The number of fused-ring (bicyclic) bond motifs is 2. The Morgan fingerprint density at radius 2 is 1.47 bits per heavy atom. The Balaban J connectivity index is 2.07. The number of carbonyl (C=O) groups excluding carboxylic acids is 3. The number of barbiturate groups is 1. The van der Waals surface area contributed by atoms with Gasteiger partial charge in [-0.2, -0.15) is 0 Å². The molecule has 0 radical (unpaired) electrons. The monoisotopic (exact) mass is 414 g/mol. The summed E-state index contributed by atoms with van der Waals surface area (Å²) < 4.78 is 7.69. The number of carbonyl (C=O) groups is 3. The molecule has 2 aliphatic rings. The second-order valence-corrected chi connectivity index (χ2v) is 7.28. The third kappa shape index (κ3) is 2.41. The number of nitrogens with zero attached hydrogens (tertiary/aromatic N) is 4. The maximum Gasteiger partial charge on any atom is 0.333 e. The van der Waals surface area contributed by atoms with E-state index in [1.54, 1.807) is 0 Å². The van der Waals surface area contributed by atoms with E-state index in [0.29, 0.717) is 5.56 Å². The lowest BCUT2D eigenvalue weighted by Crippen LogP contribution is -2.59. The number of hydrogen-bond donors (Lipinski definition) is 1. The van der Waals surface area contributed by atoms with Gasteiger partial charge in [0.2, 0.25) is 17.7 Å². The minimum atomic E-state index is -1.44. The maximum atomic E-state index is 13.1. The van der Waals surface area contributed by atoms with Crippen molar-refractivity contribution in [2.24, 2.45) is 20.0 Å². The van der Waals surface area contributed by atoms with E-state index in [4.69, 9.17) is 4.74 Å². The molecule has 0 saturated carbocycles. The molecular formula is C19H18N4O7. The molecule has 30 heavy (non-hydrogen) atoms. The molecule has 1 aromatic heterocycles. The van der Waals surface area contributed by atoms with Crippen molar-refractivity contribution in [3.63, 3.8) is 0 Å². The Hall–Kier alpha value is -3.89. The van der Waals surface area contributed by atoms with Crippen LogP contribution in [-0.4, -0.2) is 56.0 Å². The summed E-state index contributed by atoms with van der Waals surface area (Å²) in [6.07, 6.45) is 0. The van der Waals surface area contributed by atoms with Gasteiger partial charge in [-0.3, -0.25) is 33.3 Å². The molecule has 156 valence electrons. The molecule has 11 nitrogen and oxygen atoms in total. The minimum Gasteiger partial charge on any atom is -0.508 e. The Morgan fingerprint density at radius 3 is 2.07 bits per heavy atom. The average molecular weight is 414 g/mol. The van der Waals surface area contributed by atoms with E-state index in [9.17, 15) is 29.1 Å². The van der Waals surface area contributed by atoms with E-state index in [2.05, 4.69) is 0 Å². The van der Waals surface area contributed by atoms with E-state index in [-0.39, 0.29) is 22.9 Å². The highest BCUT2D eigenvalue weighted by Crippen LogP contribution is 2.47. The van der Waals surface area contributed by atoms with Gasteiger partial charge in [-0.15, -0.1) is 0 Å². The van der Waals surface area contributed by atoms with E-state index >= 15 is 0 Å². The smallest absolute Gasteiger partial charge is 0.333 e. The number of rotatable bonds is 1. The highest BCUT2D eigenvalue weighted by molar-refractivity contribution is 6.16. The number of phenolic OH excluding ortho intramolecular Hbond substituents is 1. The zero-order valence-corrected chi connectivity index (χ0v) is 16.6. The highest BCUT2D eigenvalue weighted by Gasteiger charge is 2.51. The number of phenols is 1. The second kappa shape index (κ2) is 6.31. The van der Waals surface area contributed by atoms with Crippen LogP contribution in [0.2, 0.25) is 0 Å². The first-order chi connectivity index (χ1) is 14.1. The summed E-state index contributed by atoms with van der Waals surface area (Å²) in [4.78, 5) is 65.3. The van der Waals surface area contributed by atoms with Gasteiger partial charge < -0.3 is 9.84 Å². The summed E-state index contributed by atoms with van der Waals surface area (Å²) in [6.45, 7) is 0. The van der Waals surface area contributed by atoms with E-state index in [1.807, 2.05) is 0 Å². The molecule has 1 atom stereocenters. The summed E-state index contributed by atoms with van der Waals surface area (Å²) in [7, 11) is 5.16. The van der Waals surface area contributed by atoms with Crippen molar-refractivity contribution < 1.29 is 24.2 Å². The fourth-order valence-electron chi connectivity index (χ4n) is 3.94. The number of ether oxygens (including phenoxy) is 1. The summed E-state index contributed by atoms with van der Waals surface area (Å²) >= 11 is 0. The van der Waals surface area contributed by atoms with Crippen LogP contribution in [0.5, 0.6) is 17.4 Å². The summed E-state index contributed by atoms with van der Waals surface area (Å²) in [5, 5.41) is 9.87. The van der Waals surface area contributed by atoms with Gasteiger partial charge in [-0.05, 0) is 6.07 Å². The summed E-state index contributed by atoms with van der Waals surface area (Å²) in [5.74, 6) is -4.31. The normalized spacial score (nSPS) is 18.9. The largest absolute Gasteiger partial charge is 0.508 e. The first-order valence-electron chi connectivity index (χ1n) is 8.96. The van der Waals surface area contributed by atoms with Crippen molar-refractivity contribution in [2.75, 3.05) is 14.1 Å². The molecular weight excluding hydrogens is 396 g/mol. The van der Waals surface area contributed by atoms with Crippen molar-refractivity contribution in [3.8, 4) is 17.4 Å². The molecule has 1 N–H and O–H groups in total. The molecule has 4 amide bonds. The molecule has 1 fully saturated rings. The van der Waals surface area contributed by atoms with Crippen LogP contribution in [0.1, 0.15) is 17.0 Å². The van der Waals surface area contributed by atoms with Gasteiger partial charge >= 0.3 is 11.7 Å². The molecule has 11 heteroatoms. The molecule has 1 aromatic carbocycles. The molecule has 3 heterocycles. The minimum absolute atomic E-state index is 0.0550. The predicted molar refractivity (Wildman–Crippen MR) is 101 cm³/mol. The van der Waals surface area contributed by atoms with E-state index in [1.165, 1.54) is 46.4 Å². The van der Waals surface area contributed by atoms with Gasteiger partial charge in [0.15, 0.2) is 0 Å². The highest BCUT2D eigenvalue weighted by atomic mass is 16.5. The zero-order chi connectivity index (χ0) is 22.1. The number of benzene rings is 1. The van der Waals surface area contributed by atoms with Gasteiger partial charge in [0.05, 0.1) is 5.56 Å². The van der Waals surface area contributed by atoms with Crippen molar-refractivity contribution in [3.05, 3.63) is 50.2 Å². The van der Waals surface area contributed by atoms with Crippen LogP contribution in [0, 0.1) is 5.92 Å². The Labute approximate surface area is 169 Å². The second-order valence-electron chi connectivity index (χ2n) is 7.28. The standard InChI is InChI=1S/C19H18N4O7/c1-20-14(25)12(15(26)21(2)18(20)28)11-9-6-5-8(24)7-10(9)30-17-13(11)16(27)22(3)19(29)23(17)4/h5-7,11-12,24H,1-4H3. The quantitative estimate of drug-likeness (QED) is 0.634. The number of aromatic hydroxyl groups is 1. The van der Waals surface area contributed by atoms with Crippen LogP contribution < -0.4 is 16.0 Å². The Morgan fingerprint density at radius 1 is 0.867 bits per heavy atom. The van der Waals surface area contributed by atoms with E-state index < -0.39 is 40.9 Å². The molecule has 2 aromatic rings. The molecule has 0 spiro atoms. The van der Waals surface area contributed by atoms with Gasteiger partial charge in [-0.25, -0.2) is 9.59 Å². The molecule has 0 aliphatic carbocycles. The van der Waals surface area contributed by atoms with Crippen molar-refractivity contribution in [1.29, 1.82) is 0 Å². The van der Waals surface area contributed by atoms with Gasteiger partial charge in [0.1, 0.15) is 17.4 Å². The van der Waals surface area contributed by atoms with Crippen molar-refractivity contribution in [2.45, 2.75) is 5.92 Å². The molecule has 1 unspecified atom stereocenters.